The molecular weight excluding hydrogens is 252 g/mol. The lowest BCUT2D eigenvalue weighted by Crippen LogP contribution is -2.35. The van der Waals surface area contributed by atoms with E-state index in [2.05, 4.69) is 10.6 Å². The number of rotatable bonds is 3. The van der Waals surface area contributed by atoms with Gasteiger partial charge in [0.05, 0.1) is 12.1 Å². The van der Waals surface area contributed by atoms with Gasteiger partial charge in [-0.1, -0.05) is 17.7 Å². The molecule has 1 amide bonds. The Labute approximate surface area is 112 Å². The van der Waals surface area contributed by atoms with E-state index < -0.39 is 0 Å². The Balaban J connectivity index is 2.01. The molecule has 1 aliphatic heterocycles. The summed E-state index contributed by atoms with van der Waals surface area (Å²) in [6, 6.07) is 5.25. The fourth-order valence-electron chi connectivity index (χ4n) is 2.03. The summed E-state index contributed by atoms with van der Waals surface area (Å²) >= 11 is 5.92. The van der Waals surface area contributed by atoms with Crippen molar-refractivity contribution in [3.8, 4) is 0 Å². The van der Waals surface area contributed by atoms with Gasteiger partial charge in [-0.15, -0.1) is 0 Å². The average molecular weight is 269 g/mol. The highest BCUT2D eigenvalue weighted by atomic mass is 35.5. The largest absolute Gasteiger partial charge is 0.380 e. The molecular formula is C13H17ClN2O2. The molecule has 0 saturated carbocycles. The second kappa shape index (κ2) is 5.69. The minimum absolute atomic E-state index is 0.0417. The molecule has 0 radical (unpaired) electrons. The highest BCUT2D eigenvalue weighted by Gasteiger charge is 2.29. The summed E-state index contributed by atoms with van der Waals surface area (Å²) in [6.45, 7) is 2.65. The zero-order valence-corrected chi connectivity index (χ0v) is 11.3. The van der Waals surface area contributed by atoms with Crippen LogP contribution in [0.15, 0.2) is 18.2 Å². The van der Waals surface area contributed by atoms with Gasteiger partial charge in [-0.3, -0.25) is 4.79 Å². The number of carbonyl (C=O) groups is 1. The molecule has 98 valence electrons. The lowest BCUT2D eigenvalue weighted by molar-refractivity contribution is -0.118. The van der Waals surface area contributed by atoms with E-state index in [4.69, 9.17) is 16.3 Å². The molecule has 0 aliphatic carbocycles. The molecule has 1 aliphatic rings. The van der Waals surface area contributed by atoms with E-state index in [-0.39, 0.29) is 18.1 Å². The summed E-state index contributed by atoms with van der Waals surface area (Å²) in [4.78, 5) is 12.1. The maximum atomic E-state index is 12.1. The summed E-state index contributed by atoms with van der Waals surface area (Å²) in [5.74, 6) is -0.0417. The maximum absolute atomic E-state index is 12.1. The molecule has 1 heterocycles. The van der Waals surface area contributed by atoms with Crippen LogP contribution in [0.25, 0.3) is 0 Å². The van der Waals surface area contributed by atoms with Crippen molar-refractivity contribution in [2.45, 2.75) is 25.5 Å². The van der Waals surface area contributed by atoms with Gasteiger partial charge in [0, 0.05) is 24.4 Å². The van der Waals surface area contributed by atoms with E-state index in [1.807, 2.05) is 13.0 Å². The first-order valence-electron chi connectivity index (χ1n) is 5.93. The Hall–Kier alpha value is -1.10. The van der Waals surface area contributed by atoms with Gasteiger partial charge in [0.15, 0.2) is 0 Å². The first kappa shape index (κ1) is 13.3. The minimum Gasteiger partial charge on any atom is -0.380 e. The number of amides is 1. The molecule has 1 aromatic rings. The molecule has 18 heavy (non-hydrogen) atoms. The Kier molecular flexibility index (Phi) is 4.22. The molecule has 1 aromatic carbocycles. The topological polar surface area (TPSA) is 50.4 Å². The smallest absolute Gasteiger partial charge is 0.241 e. The van der Waals surface area contributed by atoms with Crippen LogP contribution in [0.2, 0.25) is 5.02 Å². The summed E-state index contributed by atoms with van der Waals surface area (Å²) < 4.78 is 5.22. The maximum Gasteiger partial charge on any atom is 0.241 e. The molecule has 2 rings (SSSR count). The number of aryl methyl sites for hydroxylation is 1. The number of hydrogen-bond donors (Lipinski definition) is 2. The van der Waals surface area contributed by atoms with Gasteiger partial charge in [0.1, 0.15) is 0 Å². The number of carbonyl (C=O) groups excluding carboxylic acids is 1. The van der Waals surface area contributed by atoms with Gasteiger partial charge in [-0.2, -0.15) is 0 Å². The number of ether oxygens (including phenoxy) is 1. The van der Waals surface area contributed by atoms with E-state index in [0.29, 0.717) is 18.0 Å². The normalized spacial score (nSPS) is 23.1. The van der Waals surface area contributed by atoms with Gasteiger partial charge in [0.2, 0.25) is 5.91 Å². The third-order valence-corrected chi connectivity index (χ3v) is 3.43. The van der Waals surface area contributed by atoms with Crippen LogP contribution >= 0.6 is 11.6 Å². The third-order valence-electron chi connectivity index (χ3n) is 3.20. The summed E-state index contributed by atoms with van der Waals surface area (Å²) in [5.41, 5.74) is 1.75. The molecule has 5 heteroatoms. The van der Waals surface area contributed by atoms with Crippen LogP contribution in [0.1, 0.15) is 12.0 Å². The number of anilines is 1. The standard InChI is InChI=1S/C13H17ClN2O2/c1-8-3-4-9(14)5-11(8)16-13(17)12-6-10(18-2)7-15-12/h3-5,10,12,15H,6-7H2,1-2H3,(H,16,17). The Bertz CT molecular complexity index is 451. The number of hydrogen-bond acceptors (Lipinski definition) is 3. The van der Waals surface area contributed by atoms with Crippen molar-refractivity contribution in [3.63, 3.8) is 0 Å². The van der Waals surface area contributed by atoms with Crippen LogP contribution in [0.5, 0.6) is 0 Å². The van der Waals surface area contributed by atoms with Crippen molar-refractivity contribution in [1.29, 1.82) is 0 Å². The molecule has 2 N–H and O–H groups in total. The van der Waals surface area contributed by atoms with Gasteiger partial charge in [-0.05, 0) is 31.0 Å². The zero-order valence-electron chi connectivity index (χ0n) is 10.5. The predicted octanol–water partition coefficient (Wildman–Crippen LogP) is 1.96. The fourth-order valence-corrected chi connectivity index (χ4v) is 2.20. The van der Waals surface area contributed by atoms with Gasteiger partial charge < -0.3 is 15.4 Å². The molecule has 4 nitrogen and oxygen atoms in total. The first-order chi connectivity index (χ1) is 8.60. The van der Waals surface area contributed by atoms with Crippen molar-refractivity contribution in [1.82, 2.24) is 5.32 Å². The molecule has 0 bridgehead atoms. The van der Waals surface area contributed by atoms with Gasteiger partial charge in [-0.25, -0.2) is 0 Å². The Morgan fingerprint density at radius 1 is 1.56 bits per heavy atom. The van der Waals surface area contributed by atoms with Crippen LogP contribution in [0.3, 0.4) is 0 Å². The molecule has 2 atom stereocenters. The summed E-state index contributed by atoms with van der Waals surface area (Å²) in [5, 5.41) is 6.65. The van der Waals surface area contributed by atoms with E-state index in [0.717, 1.165) is 11.3 Å². The lowest BCUT2D eigenvalue weighted by Gasteiger charge is -2.13. The fraction of sp³-hybridized carbons (Fsp3) is 0.462. The summed E-state index contributed by atoms with van der Waals surface area (Å²) in [7, 11) is 1.66. The van der Waals surface area contributed by atoms with Gasteiger partial charge >= 0.3 is 0 Å². The molecule has 0 spiro atoms. The van der Waals surface area contributed by atoms with Crippen LogP contribution in [-0.4, -0.2) is 31.7 Å². The highest BCUT2D eigenvalue weighted by Crippen LogP contribution is 2.21. The molecule has 0 aromatic heterocycles. The average Bonchev–Trinajstić information content (AvgIpc) is 2.82. The van der Waals surface area contributed by atoms with Crippen LogP contribution in [-0.2, 0) is 9.53 Å². The SMILES string of the molecule is COC1CNC(C(=O)Nc2cc(Cl)ccc2C)C1. The number of methoxy groups -OCH3 is 1. The van der Waals surface area contributed by atoms with E-state index >= 15 is 0 Å². The van der Waals surface area contributed by atoms with Crippen molar-refractivity contribution < 1.29 is 9.53 Å². The molecule has 2 unspecified atom stereocenters. The number of benzene rings is 1. The lowest BCUT2D eigenvalue weighted by atomic mass is 10.1. The van der Waals surface area contributed by atoms with Crippen LogP contribution in [0.4, 0.5) is 5.69 Å². The Morgan fingerprint density at radius 3 is 3.00 bits per heavy atom. The van der Waals surface area contributed by atoms with E-state index in [1.54, 1.807) is 19.2 Å². The van der Waals surface area contributed by atoms with Crippen LogP contribution < -0.4 is 10.6 Å². The second-order valence-corrected chi connectivity index (χ2v) is 4.94. The number of halogens is 1. The monoisotopic (exact) mass is 268 g/mol. The molecule has 1 saturated heterocycles. The van der Waals surface area contributed by atoms with Gasteiger partial charge in [0.25, 0.3) is 0 Å². The van der Waals surface area contributed by atoms with E-state index in [1.165, 1.54) is 0 Å². The quantitative estimate of drug-likeness (QED) is 0.881. The van der Waals surface area contributed by atoms with Crippen molar-refractivity contribution in [2.75, 3.05) is 19.0 Å². The first-order valence-corrected chi connectivity index (χ1v) is 6.31. The minimum atomic E-state index is -0.201. The zero-order chi connectivity index (χ0) is 13.1. The highest BCUT2D eigenvalue weighted by molar-refractivity contribution is 6.31. The van der Waals surface area contributed by atoms with Crippen molar-refractivity contribution in [3.05, 3.63) is 28.8 Å². The van der Waals surface area contributed by atoms with Crippen LogP contribution in [0, 0.1) is 6.92 Å². The number of nitrogens with one attached hydrogen (secondary N) is 2. The second-order valence-electron chi connectivity index (χ2n) is 4.50. The predicted molar refractivity (Wildman–Crippen MR) is 72.0 cm³/mol. The third kappa shape index (κ3) is 3.02. The van der Waals surface area contributed by atoms with Crippen molar-refractivity contribution in [2.24, 2.45) is 0 Å². The Morgan fingerprint density at radius 2 is 2.33 bits per heavy atom. The molecule has 1 fully saturated rings. The summed E-state index contributed by atoms with van der Waals surface area (Å²) in [6.07, 6.45) is 0.809. The van der Waals surface area contributed by atoms with Crippen molar-refractivity contribution >= 4 is 23.2 Å². The van der Waals surface area contributed by atoms with E-state index in [9.17, 15) is 4.79 Å².